The van der Waals surface area contributed by atoms with E-state index in [4.69, 9.17) is 11.6 Å². The maximum atomic E-state index is 13.0. The molecule has 32 heavy (non-hydrogen) atoms. The third-order valence-corrected chi connectivity index (χ3v) is 5.77. The first-order valence-electron chi connectivity index (χ1n) is 9.90. The van der Waals surface area contributed by atoms with E-state index < -0.39 is 5.91 Å². The molecule has 0 fully saturated rings. The van der Waals surface area contributed by atoms with Crippen molar-refractivity contribution in [1.29, 1.82) is 0 Å². The van der Waals surface area contributed by atoms with Gasteiger partial charge < -0.3 is 5.32 Å². The molecule has 5 nitrogen and oxygen atoms in total. The summed E-state index contributed by atoms with van der Waals surface area (Å²) in [6.45, 7) is 2.61. The number of carbonyl (C=O) groups is 2. The number of aromatic nitrogens is 2. The zero-order valence-electron chi connectivity index (χ0n) is 17.2. The molecule has 0 aliphatic heterocycles. The van der Waals surface area contributed by atoms with Gasteiger partial charge in [-0.3, -0.25) is 14.3 Å². The maximum absolute atomic E-state index is 13.0. The molecule has 1 heterocycles. The van der Waals surface area contributed by atoms with Gasteiger partial charge in [0.2, 0.25) is 0 Å². The number of ketones is 1. The Morgan fingerprint density at radius 3 is 2.31 bits per heavy atom. The molecular weight excluding hydrogens is 490 g/mol. The van der Waals surface area contributed by atoms with Crippen molar-refractivity contribution in [3.05, 3.63) is 116 Å². The first kappa shape index (κ1) is 22.0. The van der Waals surface area contributed by atoms with Crippen LogP contribution in [0.4, 0.5) is 5.82 Å². The number of nitrogens with one attached hydrogen (secondary N) is 1. The minimum absolute atomic E-state index is 0.253. The summed E-state index contributed by atoms with van der Waals surface area (Å²) >= 11 is 9.38. The molecule has 0 aliphatic carbocycles. The van der Waals surface area contributed by atoms with Crippen LogP contribution in [0.2, 0.25) is 5.02 Å². The summed E-state index contributed by atoms with van der Waals surface area (Å²) in [5, 5.41) is 7.82. The number of aryl methyl sites for hydroxylation is 1. The predicted octanol–water partition coefficient (Wildman–Crippen LogP) is 6.14. The van der Waals surface area contributed by atoms with Crippen molar-refractivity contribution in [2.45, 2.75) is 13.5 Å². The SMILES string of the molecule is Cc1ccc(Cn2cc(Br)c(NC(=O)c3ccccc3C(=O)c3ccc(Cl)cc3)n2)cc1. The molecule has 0 spiro atoms. The zero-order valence-corrected chi connectivity index (χ0v) is 19.5. The van der Waals surface area contributed by atoms with Crippen LogP contribution in [-0.2, 0) is 6.54 Å². The average Bonchev–Trinajstić information content (AvgIpc) is 3.13. The maximum Gasteiger partial charge on any atom is 0.257 e. The van der Waals surface area contributed by atoms with Crippen LogP contribution in [0.3, 0.4) is 0 Å². The van der Waals surface area contributed by atoms with Crippen molar-refractivity contribution in [2.75, 3.05) is 5.32 Å². The van der Waals surface area contributed by atoms with Crippen LogP contribution in [0.15, 0.2) is 83.5 Å². The van der Waals surface area contributed by atoms with E-state index in [1.54, 1.807) is 59.4 Å². The molecule has 1 aromatic heterocycles. The van der Waals surface area contributed by atoms with Gasteiger partial charge in [-0.2, -0.15) is 5.10 Å². The highest BCUT2D eigenvalue weighted by molar-refractivity contribution is 9.10. The molecular formula is C25H19BrClN3O2. The normalized spacial score (nSPS) is 10.7. The van der Waals surface area contributed by atoms with Crippen molar-refractivity contribution in [2.24, 2.45) is 0 Å². The fourth-order valence-corrected chi connectivity index (χ4v) is 3.79. The second-order valence-electron chi connectivity index (χ2n) is 7.34. The van der Waals surface area contributed by atoms with Crippen molar-refractivity contribution >= 4 is 45.0 Å². The van der Waals surface area contributed by atoms with E-state index in [1.165, 1.54) is 5.56 Å². The molecule has 160 valence electrons. The van der Waals surface area contributed by atoms with Crippen LogP contribution in [-0.4, -0.2) is 21.5 Å². The number of benzene rings is 3. The van der Waals surface area contributed by atoms with Gasteiger partial charge in [0.25, 0.3) is 5.91 Å². The molecule has 0 bridgehead atoms. The molecule has 0 aliphatic rings. The van der Waals surface area contributed by atoms with Crippen LogP contribution in [0, 0.1) is 6.92 Å². The van der Waals surface area contributed by atoms with E-state index in [9.17, 15) is 9.59 Å². The van der Waals surface area contributed by atoms with Crippen LogP contribution in [0.5, 0.6) is 0 Å². The standard InChI is InChI=1S/C25H19BrClN3O2/c1-16-6-8-17(9-7-16)14-30-15-22(26)24(29-30)28-25(32)21-5-3-2-4-20(21)23(31)18-10-12-19(27)13-11-18/h2-13,15H,14H2,1H3,(H,28,29,32). The van der Waals surface area contributed by atoms with E-state index >= 15 is 0 Å². The average molecular weight is 509 g/mol. The molecule has 7 heteroatoms. The Morgan fingerprint density at radius 2 is 1.62 bits per heavy atom. The van der Waals surface area contributed by atoms with Gasteiger partial charge in [0, 0.05) is 22.3 Å². The zero-order chi connectivity index (χ0) is 22.7. The third kappa shape index (κ3) is 4.98. The predicted molar refractivity (Wildman–Crippen MR) is 129 cm³/mol. The topological polar surface area (TPSA) is 64.0 Å². The second-order valence-corrected chi connectivity index (χ2v) is 8.64. The Labute approximate surface area is 199 Å². The minimum atomic E-state index is -0.413. The number of hydrogen-bond acceptors (Lipinski definition) is 3. The number of halogens is 2. The van der Waals surface area contributed by atoms with Gasteiger partial charge in [-0.25, -0.2) is 0 Å². The van der Waals surface area contributed by atoms with Gasteiger partial charge in [0.15, 0.2) is 11.6 Å². The summed E-state index contributed by atoms with van der Waals surface area (Å²) in [5.41, 5.74) is 3.32. The molecule has 0 atom stereocenters. The van der Waals surface area contributed by atoms with Gasteiger partial charge in [-0.05, 0) is 58.7 Å². The smallest absolute Gasteiger partial charge is 0.257 e. The summed E-state index contributed by atoms with van der Waals surface area (Å²) in [5.74, 6) is -0.281. The van der Waals surface area contributed by atoms with E-state index in [0.29, 0.717) is 33.0 Å². The van der Waals surface area contributed by atoms with Crippen LogP contribution < -0.4 is 5.32 Å². The lowest BCUT2D eigenvalue weighted by Crippen LogP contribution is -2.17. The monoisotopic (exact) mass is 507 g/mol. The Balaban J connectivity index is 1.55. The first-order valence-corrected chi connectivity index (χ1v) is 11.1. The summed E-state index contributed by atoms with van der Waals surface area (Å²) in [4.78, 5) is 26.0. The van der Waals surface area contributed by atoms with Crippen LogP contribution >= 0.6 is 27.5 Å². The van der Waals surface area contributed by atoms with Crippen molar-refractivity contribution in [3.63, 3.8) is 0 Å². The lowest BCUT2D eigenvalue weighted by molar-refractivity contribution is 0.0996. The van der Waals surface area contributed by atoms with Gasteiger partial charge in [-0.15, -0.1) is 0 Å². The van der Waals surface area contributed by atoms with E-state index in [0.717, 1.165) is 5.56 Å². The Bertz CT molecular complexity index is 1280. The Hall–Kier alpha value is -3.22. The molecule has 0 radical (unpaired) electrons. The van der Waals surface area contributed by atoms with Crippen molar-refractivity contribution in [3.8, 4) is 0 Å². The highest BCUT2D eigenvalue weighted by atomic mass is 79.9. The summed E-state index contributed by atoms with van der Waals surface area (Å²) in [6, 6.07) is 21.5. The van der Waals surface area contributed by atoms with E-state index in [2.05, 4.69) is 26.3 Å². The Kier molecular flexibility index (Phi) is 6.53. The lowest BCUT2D eigenvalue weighted by Gasteiger charge is -2.09. The van der Waals surface area contributed by atoms with Crippen molar-refractivity contribution in [1.82, 2.24) is 9.78 Å². The number of anilines is 1. The van der Waals surface area contributed by atoms with Gasteiger partial charge in [0.05, 0.1) is 16.6 Å². The van der Waals surface area contributed by atoms with E-state index in [-0.39, 0.29) is 11.3 Å². The van der Waals surface area contributed by atoms with Crippen molar-refractivity contribution < 1.29 is 9.59 Å². The lowest BCUT2D eigenvalue weighted by atomic mass is 9.98. The highest BCUT2D eigenvalue weighted by Gasteiger charge is 2.20. The third-order valence-electron chi connectivity index (χ3n) is 4.94. The van der Waals surface area contributed by atoms with Gasteiger partial charge in [-0.1, -0.05) is 59.6 Å². The quantitative estimate of drug-likeness (QED) is 0.318. The summed E-state index contributed by atoms with van der Waals surface area (Å²) in [6.07, 6.45) is 1.81. The minimum Gasteiger partial charge on any atom is -0.304 e. The largest absolute Gasteiger partial charge is 0.304 e. The second kappa shape index (κ2) is 9.51. The number of carbonyl (C=O) groups excluding carboxylic acids is 2. The molecule has 1 amide bonds. The summed E-state index contributed by atoms with van der Waals surface area (Å²) < 4.78 is 2.40. The van der Waals surface area contributed by atoms with Crippen LogP contribution in [0.25, 0.3) is 0 Å². The molecule has 3 aromatic carbocycles. The number of nitrogens with zero attached hydrogens (tertiary/aromatic N) is 2. The Morgan fingerprint density at radius 1 is 0.969 bits per heavy atom. The molecule has 4 aromatic rings. The summed E-state index contributed by atoms with van der Waals surface area (Å²) in [7, 11) is 0. The number of hydrogen-bond donors (Lipinski definition) is 1. The van der Waals surface area contributed by atoms with Gasteiger partial charge in [0.1, 0.15) is 0 Å². The molecule has 0 unspecified atom stereocenters. The van der Waals surface area contributed by atoms with E-state index in [1.807, 2.05) is 31.2 Å². The number of rotatable bonds is 6. The first-order chi connectivity index (χ1) is 15.4. The highest BCUT2D eigenvalue weighted by Crippen LogP contribution is 2.23. The molecule has 0 saturated carbocycles. The molecule has 0 saturated heterocycles. The van der Waals surface area contributed by atoms with Gasteiger partial charge >= 0.3 is 0 Å². The van der Waals surface area contributed by atoms with Crippen LogP contribution in [0.1, 0.15) is 37.4 Å². The molecule has 4 rings (SSSR count). The fourth-order valence-electron chi connectivity index (χ4n) is 3.25. The molecule has 1 N–H and O–H groups in total. The fraction of sp³-hybridized carbons (Fsp3) is 0.0800. The number of amides is 1.